The summed E-state index contributed by atoms with van der Waals surface area (Å²) in [4.78, 5) is 26.3. The predicted molar refractivity (Wildman–Crippen MR) is 94.2 cm³/mol. The van der Waals surface area contributed by atoms with Gasteiger partial charge in [0, 0.05) is 50.9 Å². The minimum atomic E-state index is -0.219. The van der Waals surface area contributed by atoms with Crippen molar-refractivity contribution in [3.05, 3.63) is 16.1 Å². The van der Waals surface area contributed by atoms with Crippen LogP contribution in [0, 0.1) is 6.92 Å². The maximum atomic E-state index is 12.4. The van der Waals surface area contributed by atoms with Crippen LogP contribution in [0.2, 0.25) is 0 Å². The van der Waals surface area contributed by atoms with E-state index in [2.05, 4.69) is 20.2 Å². The number of aliphatic imine (C=N–C) groups is 1. The van der Waals surface area contributed by atoms with Gasteiger partial charge < -0.3 is 19.9 Å². The van der Waals surface area contributed by atoms with E-state index in [9.17, 15) is 4.79 Å². The molecule has 0 aromatic carbocycles. The van der Waals surface area contributed by atoms with Crippen LogP contribution in [0.5, 0.6) is 0 Å². The number of hydrogen-bond donors (Lipinski definition) is 1. The number of carbonyl (C=O) groups is 1. The lowest BCUT2D eigenvalue weighted by atomic mass is 10.2. The third-order valence-electron chi connectivity index (χ3n) is 4.40. The second-order valence-corrected chi connectivity index (χ2v) is 7.38. The molecule has 1 aromatic rings. The van der Waals surface area contributed by atoms with Gasteiger partial charge in [0.05, 0.1) is 11.6 Å². The Morgan fingerprint density at radius 1 is 1.42 bits per heavy atom. The molecule has 2 aliphatic rings. The van der Waals surface area contributed by atoms with Gasteiger partial charge in [0.1, 0.15) is 6.10 Å². The van der Waals surface area contributed by atoms with Crippen molar-refractivity contribution in [2.75, 3.05) is 39.8 Å². The van der Waals surface area contributed by atoms with Crippen molar-refractivity contribution in [3.8, 4) is 0 Å². The molecule has 2 saturated heterocycles. The number of nitrogens with one attached hydrogen (secondary N) is 1. The minimum absolute atomic E-state index is 0.148. The topological polar surface area (TPSA) is 70.1 Å². The molecule has 0 radical (unpaired) electrons. The Morgan fingerprint density at radius 3 is 2.75 bits per heavy atom. The van der Waals surface area contributed by atoms with E-state index in [1.165, 1.54) is 4.88 Å². The number of thiazole rings is 1. The number of piperazine rings is 1. The first kappa shape index (κ1) is 17.2. The van der Waals surface area contributed by atoms with E-state index in [4.69, 9.17) is 4.74 Å². The number of guanidine groups is 1. The Hall–Kier alpha value is -1.67. The molecule has 1 unspecified atom stereocenters. The first-order valence-corrected chi connectivity index (χ1v) is 9.26. The molecule has 2 fully saturated rings. The van der Waals surface area contributed by atoms with Crippen LogP contribution in [0.25, 0.3) is 0 Å². The van der Waals surface area contributed by atoms with Crippen LogP contribution in [0.15, 0.2) is 11.2 Å². The van der Waals surface area contributed by atoms with Crippen molar-refractivity contribution < 1.29 is 9.53 Å². The quantitative estimate of drug-likeness (QED) is 0.646. The highest BCUT2D eigenvalue weighted by Gasteiger charge is 2.30. The molecule has 1 atom stereocenters. The number of amides is 1. The Morgan fingerprint density at radius 2 is 2.17 bits per heavy atom. The third-order valence-corrected chi connectivity index (χ3v) is 5.31. The number of hydrogen-bond acceptors (Lipinski definition) is 5. The smallest absolute Gasteiger partial charge is 0.251 e. The minimum Gasteiger partial charge on any atom is -0.368 e. The van der Waals surface area contributed by atoms with Gasteiger partial charge in [-0.15, -0.1) is 11.3 Å². The molecule has 1 N–H and O–H groups in total. The summed E-state index contributed by atoms with van der Waals surface area (Å²) in [6.07, 6.45) is 3.53. The predicted octanol–water partition coefficient (Wildman–Crippen LogP) is 0.850. The summed E-state index contributed by atoms with van der Waals surface area (Å²) in [5.41, 5.74) is 0. The maximum Gasteiger partial charge on any atom is 0.251 e. The van der Waals surface area contributed by atoms with Crippen LogP contribution >= 0.6 is 11.3 Å². The van der Waals surface area contributed by atoms with E-state index < -0.39 is 0 Å². The van der Waals surface area contributed by atoms with Crippen molar-refractivity contribution in [2.45, 2.75) is 32.4 Å². The fourth-order valence-electron chi connectivity index (χ4n) is 3.10. The van der Waals surface area contributed by atoms with Gasteiger partial charge in [0.25, 0.3) is 5.91 Å². The molecule has 3 rings (SSSR count). The van der Waals surface area contributed by atoms with Gasteiger partial charge in [0.15, 0.2) is 5.96 Å². The summed E-state index contributed by atoms with van der Waals surface area (Å²) < 4.78 is 5.51. The lowest BCUT2D eigenvalue weighted by molar-refractivity contribution is -0.142. The van der Waals surface area contributed by atoms with Crippen LogP contribution in [0.1, 0.15) is 22.7 Å². The molecule has 7 nitrogen and oxygen atoms in total. The number of carbonyl (C=O) groups excluding carboxylic acids is 1. The molecule has 0 spiro atoms. The summed E-state index contributed by atoms with van der Waals surface area (Å²) in [7, 11) is 1.80. The Kier molecular flexibility index (Phi) is 5.68. The molecule has 0 bridgehead atoms. The van der Waals surface area contributed by atoms with Crippen molar-refractivity contribution in [1.82, 2.24) is 20.1 Å². The van der Waals surface area contributed by atoms with Gasteiger partial charge in [-0.05, 0) is 19.8 Å². The second kappa shape index (κ2) is 7.94. The molecular formula is C16H25N5O2S. The van der Waals surface area contributed by atoms with E-state index >= 15 is 0 Å². The van der Waals surface area contributed by atoms with E-state index in [1.54, 1.807) is 18.4 Å². The largest absolute Gasteiger partial charge is 0.368 e. The molecule has 0 saturated carbocycles. The Bertz CT molecular complexity index is 589. The molecule has 2 aliphatic heterocycles. The van der Waals surface area contributed by atoms with E-state index in [-0.39, 0.29) is 12.0 Å². The second-order valence-electron chi connectivity index (χ2n) is 6.06. The van der Waals surface area contributed by atoms with Crippen LogP contribution in [0.4, 0.5) is 0 Å². The van der Waals surface area contributed by atoms with Crippen LogP contribution in [-0.4, -0.2) is 72.6 Å². The van der Waals surface area contributed by atoms with Crippen molar-refractivity contribution >= 4 is 23.2 Å². The molecule has 3 heterocycles. The molecule has 132 valence electrons. The lowest BCUT2D eigenvalue weighted by Crippen LogP contribution is -2.55. The first-order valence-electron chi connectivity index (χ1n) is 8.44. The normalized spacial score (nSPS) is 22.1. The SMILES string of the molecule is CN=C(NCc1cnc(C)s1)N1CCN(C(=O)C2CCCO2)CC1. The number of aromatic nitrogens is 1. The summed E-state index contributed by atoms with van der Waals surface area (Å²) in [6.45, 7) is 6.47. The highest BCUT2D eigenvalue weighted by molar-refractivity contribution is 7.11. The monoisotopic (exact) mass is 351 g/mol. The average molecular weight is 351 g/mol. The van der Waals surface area contributed by atoms with Crippen LogP contribution < -0.4 is 5.32 Å². The number of nitrogens with zero attached hydrogens (tertiary/aromatic N) is 4. The van der Waals surface area contributed by atoms with Crippen LogP contribution in [-0.2, 0) is 16.1 Å². The van der Waals surface area contributed by atoms with E-state index in [0.29, 0.717) is 6.61 Å². The highest BCUT2D eigenvalue weighted by Crippen LogP contribution is 2.16. The van der Waals surface area contributed by atoms with E-state index in [1.807, 2.05) is 18.0 Å². The van der Waals surface area contributed by atoms with Gasteiger partial charge in [-0.1, -0.05) is 0 Å². The van der Waals surface area contributed by atoms with Gasteiger partial charge in [-0.25, -0.2) is 4.98 Å². The van der Waals surface area contributed by atoms with Crippen molar-refractivity contribution in [1.29, 1.82) is 0 Å². The molecule has 1 aromatic heterocycles. The number of aryl methyl sites for hydroxylation is 1. The molecule has 1 amide bonds. The van der Waals surface area contributed by atoms with Gasteiger partial charge in [0.2, 0.25) is 0 Å². The average Bonchev–Trinajstić information content (AvgIpc) is 3.27. The van der Waals surface area contributed by atoms with Crippen molar-refractivity contribution in [2.24, 2.45) is 4.99 Å². The fraction of sp³-hybridized carbons (Fsp3) is 0.688. The lowest BCUT2D eigenvalue weighted by Gasteiger charge is -2.37. The summed E-state index contributed by atoms with van der Waals surface area (Å²) >= 11 is 1.69. The van der Waals surface area contributed by atoms with Gasteiger partial charge in [-0.2, -0.15) is 0 Å². The Labute approximate surface area is 146 Å². The number of rotatable bonds is 3. The highest BCUT2D eigenvalue weighted by atomic mass is 32.1. The summed E-state index contributed by atoms with van der Waals surface area (Å²) in [5, 5.41) is 4.46. The molecule has 0 aliphatic carbocycles. The Balaban J connectivity index is 1.48. The molecule has 24 heavy (non-hydrogen) atoms. The maximum absolute atomic E-state index is 12.4. The molecule has 8 heteroatoms. The van der Waals surface area contributed by atoms with E-state index in [0.717, 1.165) is 56.5 Å². The number of ether oxygens (including phenoxy) is 1. The first-order chi connectivity index (χ1) is 11.7. The fourth-order valence-corrected chi connectivity index (χ4v) is 3.83. The standard InChI is InChI=1S/C16H25N5O2S/c1-12-18-10-13(24-12)11-19-16(17-2)21-7-5-20(6-8-21)15(22)14-4-3-9-23-14/h10,14H,3-9,11H2,1-2H3,(H,17,19). The van der Waals surface area contributed by atoms with Crippen molar-refractivity contribution in [3.63, 3.8) is 0 Å². The van der Waals surface area contributed by atoms with Gasteiger partial charge >= 0.3 is 0 Å². The molecular weight excluding hydrogens is 326 g/mol. The zero-order valence-corrected chi connectivity index (χ0v) is 15.1. The zero-order chi connectivity index (χ0) is 16.9. The van der Waals surface area contributed by atoms with Crippen LogP contribution in [0.3, 0.4) is 0 Å². The third kappa shape index (κ3) is 4.05. The van der Waals surface area contributed by atoms with Gasteiger partial charge in [-0.3, -0.25) is 9.79 Å². The summed E-state index contributed by atoms with van der Waals surface area (Å²) in [5.74, 6) is 1.03. The zero-order valence-electron chi connectivity index (χ0n) is 14.3. The summed E-state index contributed by atoms with van der Waals surface area (Å²) in [6, 6.07) is 0.